The molecule has 1 aliphatic carbocycles. The van der Waals surface area contributed by atoms with Crippen LogP contribution in [0.4, 0.5) is 0 Å². The van der Waals surface area contributed by atoms with Gasteiger partial charge in [0, 0.05) is 0 Å². The molecule has 0 aromatic carbocycles. The molecule has 0 saturated heterocycles. The molecule has 0 aliphatic heterocycles. The van der Waals surface area contributed by atoms with Crippen LogP contribution in [0, 0.1) is 5.41 Å². The van der Waals surface area contributed by atoms with Crippen LogP contribution in [0.2, 0.25) is 0 Å². The van der Waals surface area contributed by atoms with Gasteiger partial charge in [0.05, 0.1) is 5.71 Å². The molecular weight excluding hydrogens is 110 g/mol. The minimum absolute atomic E-state index is 0.660. The lowest BCUT2D eigenvalue weighted by molar-refractivity contribution is 1.05. The molecule has 0 aromatic rings. The van der Waals surface area contributed by atoms with Crippen molar-refractivity contribution in [2.45, 2.75) is 19.8 Å². The molecule has 1 aliphatic rings. The normalized spacial score (nSPS) is 19.2. The Hall–Kier alpha value is -0.850. The lowest BCUT2D eigenvalue weighted by Crippen LogP contribution is -1.89. The number of hydrogen-bond donors (Lipinski definition) is 1. The summed E-state index contributed by atoms with van der Waals surface area (Å²) >= 11 is 0. The Morgan fingerprint density at radius 1 is 1.44 bits per heavy atom. The highest BCUT2D eigenvalue weighted by atomic mass is 14.4. The molecule has 1 rings (SSSR count). The Morgan fingerprint density at radius 2 is 2.22 bits per heavy atom. The van der Waals surface area contributed by atoms with Crippen molar-refractivity contribution in [3.05, 3.63) is 23.8 Å². The largest absolute Gasteiger partial charge is 0.301 e. The van der Waals surface area contributed by atoms with E-state index in [1.54, 1.807) is 0 Å². The molecule has 0 spiro atoms. The van der Waals surface area contributed by atoms with E-state index in [-0.39, 0.29) is 0 Å². The first-order valence-corrected chi connectivity index (χ1v) is 3.23. The zero-order valence-electron chi connectivity index (χ0n) is 5.65. The maximum atomic E-state index is 7.38. The van der Waals surface area contributed by atoms with Gasteiger partial charge in [-0.25, -0.2) is 0 Å². The van der Waals surface area contributed by atoms with Gasteiger partial charge in [0.1, 0.15) is 0 Å². The van der Waals surface area contributed by atoms with Crippen LogP contribution < -0.4 is 0 Å². The SMILES string of the molecule is CC1=CCCC=CC1=N. The molecule has 0 radical (unpaired) electrons. The number of hydrogen-bond acceptors (Lipinski definition) is 1. The van der Waals surface area contributed by atoms with Crippen molar-refractivity contribution in [2.24, 2.45) is 0 Å². The zero-order chi connectivity index (χ0) is 6.69. The van der Waals surface area contributed by atoms with Gasteiger partial charge in [-0.1, -0.05) is 12.2 Å². The number of rotatable bonds is 0. The second kappa shape index (κ2) is 2.62. The fourth-order valence-corrected chi connectivity index (χ4v) is 0.839. The van der Waals surface area contributed by atoms with Crippen molar-refractivity contribution in [1.29, 1.82) is 5.41 Å². The van der Waals surface area contributed by atoms with Crippen LogP contribution in [0.3, 0.4) is 0 Å². The highest BCUT2D eigenvalue weighted by Gasteiger charge is 1.96. The van der Waals surface area contributed by atoms with Crippen molar-refractivity contribution < 1.29 is 0 Å². The summed E-state index contributed by atoms with van der Waals surface area (Å²) in [4.78, 5) is 0. The average Bonchev–Trinajstić information content (AvgIpc) is 1.99. The fraction of sp³-hybridized carbons (Fsp3) is 0.375. The smallest absolute Gasteiger partial charge is 0.0562 e. The van der Waals surface area contributed by atoms with Crippen LogP contribution >= 0.6 is 0 Å². The molecule has 0 heterocycles. The van der Waals surface area contributed by atoms with Crippen LogP contribution in [-0.2, 0) is 0 Å². The molecule has 0 bridgehead atoms. The van der Waals surface area contributed by atoms with E-state index in [9.17, 15) is 0 Å². The van der Waals surface area contributed by atoms with Crippen molar-refractivity contribution in [1.82, 2.24) is 0 Å². The standard InChI is InChI=1S/C8H11N/c1-7-5-3-2-4-6-8(7)9/h4-6,9H,2-3H2,1H3. The van der Waals surface area contributed by atoms with E-state index in [1.165, 1.54) is 0 Å². The Morgan fingerprint density at radius 3 is 3.00 bits per heavy atom. The second-order valence-electron chi connectivity index (χ2n) is 2.28. The molecule has 0 fully saturated rings. The summed E-state index contributed by atoms with van der Waals surface area (Å²) in [6, 6.07) is 0. The summed E-state index contributed by atoms with van der Waals surface area (Å²) in [6.07, 6.45) is 8.21. The highest BCUT2D eigenvalue weighted by Crippen LogP contribution is 2.06. The van der Waals surface area contributed by atoms with Crippen LogP contribution in [-0.4, -0.2) is 5.71 Å². The molecule has 0 saturated carbocycles. The summed E-state index contributed by atoms with van der Waals surface area (Å²) in [5.74, 6) is 0. The lowest BCUT2D eigenvalue weighted by Gasteiger charge is -1.91. The summed E-state index contributed by atoms with van der Waals surface area (Å²) in [5.41, 5.74) is 1.76. The molecule has 0 unspecified atom stereocenters. The quantitative estimate of drug-likeness (QED) is 0.508. The Labute approximate surface area is 55.6 Å². The van der Waals surface area contributed by atoms with E-state index in [0.717, 1.165) is 18.4 Å². The van der Waals surface area contributed by atoms with Gasteiger partial charge in [-0.2, -0.15) is 0 Å². The third kappa shape index (κ3) is 1.53. The van der Waals surface area contributed by atoms with Crippen LogP contribution in [0.5, 0.6) is 0 Å². The summed E-state index contributed by atoms with van der Waals surface area (Å²) in [7, 11) is 0. The molecule has 1 nitrogen and oxygen atoms in total. The molecule has 48 valence electrons. The topological polar surface area (TPSA) is 23.9 Å². The number of nitrogens with one attached hydrogen (secondary N) is 1. The maximum Gasteiger partial charge on any atom is 0.0562 e. The van der Waals surface area contributed by atoms with Crippen molar-refractivity contribution in [3.63, 3.8) is 0 Å². The van der Waals surface area contributed by atoms with Gasteiger partial charge in [-0.3, -0.25) is 0 Å². The lowest BCUT2D eigenvalue weighted by atomic mass is 10.2. The summed E-state index contributed by atoms with van der Waals surface area (Å²) in [6.45, 7) is 1.98. The molecule has 1 N–H and O–H groups in total. The highest BCUT2D eigenvalue weighted by molar-refractivity contribution is 6.05. The van der Waals surface area contributed by atoms with Gasteiger partial charge < -0.3 is 5.41 Å². The van der Waals surface area contributed by atoms with Gasteiger partial charge in [0.25, 0.3) is 0 Å². The van der Waals surface area contributed by atoms with Crippen LogP contribution in [0.15, 0.2) is 23.8 Å². The first kappa shape index (κ1) is 6.27. The van der Waals surface area contributed by atoms with Gasteiger partial charge >= 0.3 is 0 Å². The van der Waals surface area contributed by atoms with E-state index in [0.29, 0.717) is 5.71 Å². The summed E-state index contributed by atoms with van der Waals surface area (Å²) in [5, 5.41) is 7.38. The van der Waals surface area contributed by atoms with Gasteiger partial charge in [0.15, 0.2) is 0 Å². The monoisotopic (exact) mass is 121 g/mol. The minimum Gasteiger partial charge on any atom is -0.301 e. The molecule has 0 atom stereocenters. The average molecular weight is 121 g/mol. The first-order chi connectivity index (χ1) is 4.30. The summed E-state index contributed by atoms with van der Waals surface area (Å²) < 4.78 is 0. The first-order valence-electron chi connectivity index (χ1n) is 3.23. The van der Waals surface area contributed by atoms with Crippen molar-refractivity contribution in [3.8, 4) is 0 Å². The van der Waals surface area contributed by atoms with E-state index in [1.807, 2.05) is 13.0 Å². The fourth-order valence-electron chi connectivity index (χ4n) is 0.839. The minimum atomic E-state index is 0.660. The van der Waals surface area contributed by atoms with Gasteiger partial charge in [0.2, 0.25) is 0 Å². The van der Waals surface area contributed by atoms with Crippen LogP contribution in [0.1, 0.15) is 19.8 Å². The van der Waals surface area contributed by atoms with Crippen molar-refractivity contribution >= 4 is 5.71 Å². The van der Waals surface area contributed by atoms with E-state index < -0.39 is 0 Å². The molecule has 0 aromatic heterocycles. The third-order valence-corrected chi connectivity index (χ3v) is 1.49. The third-order valence-electron chi connectivity index (χ3n) is 1.49. The van der Waals surface area contributed by atoms with Gasteiger partial charge in [-0.05, 0) is 31.4 Å². The second-order valence-corrected chi connectivity index (χ2v) is 2.28. The Kier molecular flexibility index (Phi) is 1.83. The van der Waals surface area contributed by atoms with E-state index in [2.05, 4.69) is 12.2 Å². The predicted molar refractivity (Wildman–Crippen MR) is 39.9 cm³/mol. The van der Waals surface area contributed by atoms with E-state index >= 15 is 0 Å². The Balaban J connectivity index is 2.78. The molecule has 1 heteroatoms. The zero-order valence-corrected chi connectivity index (χ0v) is 5.65. The molecule has 0 amide bonds. The predicted octanol–water partition coefficient (Wildman–Crippen LogP) is 2.30. The molecule has 9 heavy (non-hydrogen) atoms. The van der Waals surface area contributed by atoms with Gasteiger partial charge in [-0.15, -0.1) is 0 Å². The van der Waals surface area contributed by atoms with E-state index in [4.69, 9.17) is 5.41 Å². The van der Waals surface area contributed by atoms with Crippen molar-refractivity contribution in [2.75, 3.05) is 0 Å². The maximum absolute atomic E-state index is 7.38. The van der Waals surface area contributed by atoms with Crippen LogP contribution in [0.25, 0.3) is 0 Å². The molecular formula is C8H11N. The Bertz CT molecular complexity index is 175. The number of allylic oxidation sites excluding steroid dienone is 4.